The highest BCUT2D eigenvalue weighted by Gasteiger charge is 2.32. The number of hydrogen-bond acceptors (Lipinski definition) is 5. The first-order valence-electron chi connectivity index (χ1n) is 8.47. The van der Waals surface area contributed by atoms with E-state index in [1.54, 1.807) is 6.20 Å². The van der Waals surface area contributed by atoms with E-state index in [0.29, 0.717) is 6.54 Å². The molecule has 124 valence electrons. The quantitative estimate of drug-likeness (QED) is 0.838. The third-order valence-corrected chi connectivity index (χ3v) is 4.73. The van der Waals surface area contributed by atoms with Crippen LogP contribution in [0.2, 0.25) is 0 Å². The SMILES string of the molecule is CC1=C(C(=O)N2CCCCC2)CN2C(=N1)C=CN2c1cccnc1. The first kappa shape index (κ1) is 14.9. The van der Waals surface area contributed by atoms with E-state index in [9.17, 15) is 4.79 Å². The number of pyridine rings is 1. The minimum absolute atomic E-state index is 0.132. The first-order valence-corrected chi connectivity index (χ1v) is 8.47. The van der Waals surface area contributed by atoms with Crippen LogP contribution in [0.4, 0.5) is 5.69 Å². The molecule has 0 unspecified atom stereocenters. The molecule has 0 N–H and O–H groups in total. The van der Waals surface area contributed by atoms with Gasteiger partial charge in [0.15, 0.2) is 0 Å². The van der Waals surface area contributed by atoms with Crippen LogP contribution in [0.25, 0.3) is 0 Å². The van der Waals surface area contributed by atoms with E-state index in [1.807, 2.05) is 52.4 Å². The lowest BCUT2D eigenvalue weighted by Gasteiger charge is -2.35. The number of likely N-dealkylation sites (tertiary alicyclic amines) is 1. The molecule has 1 fully saturated rings. The van der Waals surface area contributed by atoms with Crippen molar-refractivity contribution in [3.63, 3.8) is 0 Å². The predicted molar refractivity (Wildman–Crippen MR) is 93.1 cm³/mol. The Labute approximate surface area is 141 Å². The summed E-state index contributed by atoms with van der Waals surface area (Å²) in [6, 6.07) is 3.90. The topological polar surface area (TPSA) is 52.0 Å². The van der Waals surface area contributed by atoms with Crippen molar-refractivity contribution in [3.05, 3.63) is 48.1 Å². The molecule has 0 atom stereocenters. The Kier molecular flexibility index (Phi) is 3.80. The molecule has 6 heteroatoms. The van der Waals surface area contributed by atoms with Crippen molar-refractivity contribution in [2.75, 3.05) is 24.6 Å². The van der Waals surface area contributed by atoms with E-state index in [-0.39, 0.29) is 5.91 Å². The number of carbonyl (C=O) groups is 1. The van der Waals surface area contributed by atoms with Crippen LogP contribution < -0.4 is 5.01 Å². The molecular weight excluding hydrogens is 302 g/mol. The molecule has 1 saturated heterocycles. The summed E-state index contributed by atoms with van der Waals surface area (Å²) in [6.45, 7) is 4.19. The molecule has 4 rings (SSSR count). The number of aromatic nitrogens is 1. The molecule has 1 aromatic rings. The fraction of sp³-hybridized carbons (Fsp3) is 0.389. The maximum atomic E-state index is 12.9. The third-order valence-electron chi connectivity index (χ3n) is 4.73. The van der Waals surface area contributed by atoms with Crippen molar-refractivity contribution in [1.29, 1.82) is 0 Å². The zero-order valence-electron chi connectivity index (χ0n) is 13.9. The molecule has 0 radical (unpaired) electrons. The Bertz CT molecular complexity index is 731. The van der Waals surface area contributed by atoms with Crippen molar-refractivity contribution in [1.82, 2.24) is 14.9 Å². The second kappa shape index (κ2) is 6.11. The molecule has 3 aliphatic heterocycles. The molecule has 1 amide bonds. The van der Waals surface area contributed by atoms with Gasteiger partial charge in [-0.15, -0.1) is 0 Å². The van der Waals surface area contributed by atoms with E-state index in [1.165, 1.54) is 6.42 Å². The second-order valence-corrected chi connectivity index (χ2v) is 6.32. The molecule has 0 aromatic carbocycles. The molecule has 4 heterocycles. The highest BCUT2D eigenvalue weighted by Crippen LogP contribution is 2.27. The van der Waals surface area contributed by atoms with Gasteiger partial charge in [0, 0.05) is 31.6 Å². The van der Waals surface area contributed by atoms with Crippen LogP contribution in [-0.4, -0.2) is 46.3 Å². The van der Waals surface area contributed by atoms with Crippen LogP contribution >= 0.6 is 0 Å². The molecule has 3 aliphatic rings. The van der Waals surface area contributed by atoms with Gasteiger partial charge in [0.1, 0.15) is 5.84 Å². The lowest BCUT2D eigenvalue weighted by molar-refractivity contribution is -0.128. The van der Waals surface area contributed by atoms with E-state index in [0.717, 1.165) is 48.7 Å². The monoisotopic (exact) mass is 323 g/mol. The minimum Gasteiger partial charge on any atom is -0.339 e. The van der Waals surface area contributed by atoms with Crippen molar-refractivity contribution in [2.24, 2.45) is 4.99 Å². The molecule has 1 aromatic heterocycles. The second-order valence-electron chi connectivity index (χ2n) is 6.32. The zero-order valence-corrected chi connectivity index (χ0v) is 13.9. The number of carbonyl (C=O) groups excluding carboxylic acids is 1. The summed E-state index contributed by atoms with van der Waals surface area (Å²) >= 11 is 0. The summed E-state index contributed by atoms with van der Waals surface area (Å²) < 4.78 is 0. The summed E-state index contributed by atoms with van der Waals surface area (Å²) in [6.07, 6.45) is 10.9. The van der Waals surface area contributed by atoms with E-state index in [2.05, 4.69) is 9.98 Å². The van der Waals surface area contributed by atoms with Crippen LogP contribution in [0.1, 0.15) is 26.2 Å². The molecule has 0 bridgehead atoms. The molecule has 24 heavy (non-hydrogen) atoms. The van der Waals surface area contributed by atoms with Crippen molar-refractivity contribution in [3.8, 4) is 0 Å². The number of allylic oxidation sites excluding steroid dienone is 1. The number of piperidine rings is 1. The number of amides is 1. The van der Waals surface area contributed by atoms with Gasteiger partial charge in [0.25, 0.3) is 5.91 Å². The number of hydrogen-bond donors (Lipinski definition) is 0. The van der Waals surface area contributed by atoms with Crippen molar-refractivity contribution < 1.29 is 4.79 Å². The van der Waals surface area contributed by atoms with Crippen LogP contribution in [0.5, 0.6) is 0 Å². The van der Waals surface area contributed by atoms with Gasteiger partial charge in [-0.1, -0.05) is 0 Å². The summed E-state index contributed by atoms with van der Waals surface area (Å²) in [7, 11) is 0. The van der Waals surface area contributed by atoms with Gasteiger partial charge >= 0.3 is 0 Å². The highest BCUT2D eigenvalue weighted by atomic mass is 16.2. The predicted octanol–water partition coefficient (Wildman–Crippen LogP) is 2.33. The Hall–Kier alpha value is -2.63. The Balaban J connectivity index is 1.59. The standard InChI is InChI=1S/C18H21N5O/c1-14-16(18(24)21-9-3-2-4-10-21)13-23-17(20-14)7-11-22(23)15-6-5-8-19-12-15/h5-8,11-12H,2-4,9-10,13H2,1H3. The van der Waals surface area contributed by atoms with E-state index < -0.39 is 0 Å². The number of fused-ring (bicyclic) bond motifs is 1. The Morgan fingerprint density at radius 1 is 1.21 bits per heavy atom. The number of rotatable bonds is 2. The number of nitrogens with zero attached hydrogens (tertiary/aromatic N) is 5. The highest BCUT2D eigenvalue weighted by molar-refractivity contribution is 6.03. The maximum Gasteiger partial charge on any atom is 0.253 e. The van der Waals surface area contributed by atoms with Gasteiger partial charge in [0.2, 0.25) is 0 Å². The van der Waals surface area contributed by atoms with Crippen LogP contribution in [0.15, 0.2) is 53.1 Å². The van der Waals surface area contributed by atoms with Crippen molar-refractivity contribution in [2.45, 2.75) is 26.2 Å². The van der Waals surface area contributed by atoms with Gasteiger partial charge in [-0.25, -0.2) is 4.99 Å². The molecular formula is C18H21N5O. The first-order chi connectivity index (χ1) is 11.7. The number of aliphatic imine (C=N–C) groups is 1. The van der Waals surface area contributed by atoms with Gasteiger partial charge < -0.3 is 4.90 Å². The lowest BCUT2D eigenvalue weighted by Crippen LogP contribution is -2.46. The Morgan fingerprint density at radius 3 is 2.79 bits per heavy atom. The van der Waals surface area contributed by atoms with Gasteiger partial charge in [-0.2, -0.15) is 0 Å². The van der Waals surface area contributed by atoms with Gasteiger partial charge in [-0.3, -0.25) is 19.8 Å². The minimum atomic E-state index is 0.132. The maximum absolute atomic E-state index is 12.9. The average molecular weight is 323 g/mol. The Morgan fingerprint density at radius 2 is 2.04 bits per heavy atom. The average Bonchev–Trinajstić information content (AvgIpc) is 3.04. The summed E-state index contributed by atoms with van der Waals surface area (Å²) in [5.41, 5.74) is 2.58. The summed E-state index contributed by atoms with van der Waals surface area (Å²) in [5.74, 6) is 1.000. The number of hydrazine groups is 1. The molecule has 0 saturated carbocycles. The van der Waals surface area contributed by atoms with E-state index in [4.69, 9.17) is 0 Å². The largest absolute Gasteiger partial charge is 0.339 e. The normalized spacial score (nSPS) is 20.4. The fourth-order valence-corrected chi connectivity index (χ4v) is 3.39. The van der Waals surface area contributed by atoms with E-state index >= 15 is 0 Å². The van der Waals surface area contributed by atoms with Crippen molar-refractivity contribution >= 4 is 17.4 Å². The smallest absolute Gasteiger partial charge is 0.253 e. The number of anilines is 1. The van der Waals surface area contributed by atoms with Crippen LogP contribution in [0, 0.1) is 0 Å². The summed E-state index contributed by atoms with van der Waals surface area (Å²) in [5, 5.41) is 4.03. The fourth-order valence-electron chi connectivity index (χ4n) is 3.39. The molecule has 0 aliphatic carbocycles. The van der Waals surface area contributed by atoms with Crippen LogP contribution in [-0.2, 0) is 4.79 Å². The number of amidine groups is 1. The molecule has 0 spiro atoms. The van der Waals surface area contributed by atoms with Gasteiger partial charge in [0.05, 0.1) is 29.7 Å². The zero-order chi connectivity index (χ0) is 16.5. The third kappa shape index (κ3) is 2.58. The summed E-state index contributed by atoms with van der Waals surface area (Å²) in [4.78, 5) is 23.7. The van der Waals surface area contributed by atoms with Gasteiger partial charge in [-0.05, 0) is 38.3 Å². The lowest BCUT2D eigenvalue weighted by atomic mass is 10.1. The molecule has 6 nitrogen and oxygen atoms in total. The van der Waals surface area contributed by atoms with Crippen LogP contribution in [0.3, 0.4) is 0 Å².